The monoisotopic (exact) mass is 335 g/mol. The van der Waals surface area contributed by atoms with Gasteiger partial charge >= 0.3 is 0 Å². The van der Waals surface area contributed by atoms with Crippen molar-refractivity contribution in [2.75, 3.05) is 4.72 Å². The number of nitrogens with one attached hydrogen (secondary N) is 1. The Hall–Kier alpha value is -2.02. The normalized spacial score (nSPS) is 15.7. The van der Waals surface area contributed by atoms with Crippen LogP contribution in [0.2, 0.25) is 0 Å². The fraction of sp³-hybridized carbons (Fsp3) is 0.438. The highest BCUT2D eigenvalue weighted by Crippen LogP contribution is 2.31. The number of ether oxygens (including phenoxy) is 1. The molecule has 0 saturated heterocycles. The van der Waals surface area contributed by atoms with E-state index in [4.69, 9.17) is 4.74 Å². The largest absolute Gasteiger partial charge is 0.490 e. The number of rotatable bonds is 5. The van der Waals surface area contributed by atoms with Crippen molar-refractivity contribution >= 4 is 15.7 Å². The molecule has 6 nitrogen and oxygen atoms in total. The van der Waals surface area contributed by atoms with Crippen LogP contribution in [0.1, 0.15) is 31.2 Å². The lowest BCUT2D eigenvalue weighted by Crippen LogP contribution is -2.15. The molecule has 0 aliphatic heterocycles. The van der Waals surface area contributed by atoms with Crippen molar-refractivity contribution in [2.24, 2.45) is 7.05 Å². The lowest BCUT2D eigenvalue weighted by Gasteiger charge is -2.17. The molecule has 0 unspecified atom stereocenters. The predicted molar refractivity (Wildman–Crippen MR) is 88.1 cm³/mol. The van der Waals surface area contributed by atoms with Gasteiger partial charge in [0.2, 0.25) is 0 Å². The maximum absolute atomic E-state index is 12.4. The minimum absolute atomic E-state index is 0.140. The molecule has 1 aromatic heterocycles. The van der Waals surface area contributed by atoms with E-state index < -0.39 is 10.0 Å². The molecule has 2 aromatic rings. The summed E-state index contributed by atoms with van der Waals surface area (Å²) in [4.78, 5) is 0.140. The van der Waals surface area contributed by atoms with E-state index in [0.717, 1.165) is 24.2 Å². The van der Waals surface area contributed by atoms with Crippen molar-refractivity contribution in [2.45, 2.75) is 43.6 Å². The summed E-state index contributed by atoms with van der Waals surface area (Å²) >= 11 is 0. The topological polar surface area (TPSA) is 73.2 Å². The third-order valence-electron chi connectivity index (χ3n) is 4.12. The van der Waals surface area contributed by atoms with Crippen molar-refractivity contribution in [3.05, 3.63) is 36.2 Å². The van der Waals surface area contributed by atoms with E-state index in [1.807, 2.05) is 13.0 Å². The van der Waals surface area contributed by atoms with Crippen molar-refractivity contribution in [3.8, 4) is 5.75 Å². The minimum atomic E-state index is -3.65. The number of nitrogens with zero attached hydrogens (tertiary/aromatic N) is 2. The summed E-state index contributed by atoms with van der Waals surface area (Å²) in [7, 11) is -1.97. The molecule has 7 heteroatoms. The summed E-state index contributed by atoms with van der Waals surface area (Å²) in [6.07, 6.45) is 7.54. The van der Waals surface area contributed by atoms with Crippen molar-refractivity contribution in [1.82, 2.24) is 9.78 Å². The third kappa shape index (κ3) is 3.50. The molecule has 1 aliphatic carbocycles. The van der Waals surface area contributed by atoms with Crippen LogP contribution < -0.4 is 9.46 Å². The molecule has 0 radical (unpaired) electrons. The van der Waals surface area contributed by atoms with E-state index in [1.54, 1.807) is 19.2 Å². The van der Waals surface area contributed by atoms with Crippen molar-refractivity contribution in [1.29, 1.82) is 0 Å². The van der Waals surface area contributed by atoms with Crippen LogP contribution in [-0.4, -0.2) is 24.3 Å². The summed E-state index contributed by atoms with van der Waals surface area (Å²) < 4.78 is 34.9. The minimum Gasteiger partial charge on any atom is -0.490 e. The first kappa shape index (κ1) is 15.9. The Morgan fingerprint density at radius 3 is 2.70 bits per heavy atom. The molecule has 0 amide bonds. The van der Waals surface area contributed by atoms with Gasteiger partial charge < -0.3 is 4.74 Å². The van der Waals surface area contributed by atoms with Gasteiger partial charge in [0.15, 0.2) is 0 Å². The zero-order chi connectivity index (χ0) is 16.4. The third-order valence-corrected chi connectivity index (χ3v) is 5.44. The lowest BCUT2D eigenvalue weighted by molar-refractivity contribution is 0.209. The Balaban J connectivity index is 1.82. The van der Waals surface area contributed by atoms with Gasteiger partial charge in [0.1, 0.15) is 10.6 Å². The zero-order valence-electron chi connectivity index (χ0n) is 13.3. The summed E-state index contributed by atoms with van der Waals surface area (Å²) in [6, 6.07) is 5.43. The Kier molecular flexibility index (Phi) is 4.30. The van der Waals surface area contributed by atoms with E-state index in [-0.39, 0.29) is 11.0 Å². The van der Waals surface area contributed by atoms with Gasteiger partial charge in [0, 0.05) is 18.8 Å². The first-order valence-corrected chi connectivity index (χ1v) is 9.22. The maximum atomic E-state index is 12.4. The maximum Gasteiger partial charge on any atom is 0.265 e. The molecule has 1 heterocycles. The van der Waals surface area contributed by atoms with Crippen LogP contribution in [0.3, 0.4) is 0 Å². The Morgan fingerprint density at radius 1 is 1.30 bits per heavy atom. The molecule has 0 atom stereocenters. The van der Waals surface area contributed by atoms with Crippen molar-refractivity contribution in [3.63, 3.8) is 0 Å². The van der Waals surface area contributed by atoms with Crippen LogP contribution in [0.25, 0.3) is 0 Å². The molecular formula is C16H21N3O3S. The number of aryl methyl sites for hydroxylation is 1. The smallest absolute Gasteiger partial charge is 0.265 e. The van der Waals surface area contributed by atoms with Gasteiger partial charge in [0.05, 0.1) is 18.0 Å². The van der Waals surface area contributed by atoms with Gasteiger partial charge in [-0.25, -0.2) is 8.42 Å². The number of hydrogen-bond donors (Lipinski definition) is 1. The first-order chi connectivity index (χ1) is 11.0. The number of benzene rings is 1. The molecule has 1 aliphatic rings. The van der Waals surface area contributed by atoms with E-state index in [0.29, 0.717) is 5.69 Å². The number of aromatic nitrogens is 2. The second-order valence-electron chi connectivity index (χ2n) is 5.91. The molecule has 3 rings (SSSR count). The van der Waals surface area contributed by atoms with Gasteiger partial charge in [-0.2, -0.15) is 5.10 Å². The molecule has 1 N–H and O–H groups in total. The highest BCUT2D eigenvalue weighted by molar-refractivity contribution is 7.92. The molecule has 0 bridgehead atoms. The van der Waals surface area contributed by atoms with Gasteiger partial charge in [0.25, 0.3) is 10.0 Å². The Labute approximate surface area is 136 Å². The second-order valence-corrected chi connectivity index (χ2v) is 7.59. The highest BCUT2D eigenvalue weighted by Gasteiger charge is 2.20. The Morgan fingerprint density at radius 2 is 2.04 bits per heavy atom. The van der Waals surface area contributed by atoms with E-state index in [9.17, 15) is 8.42 Å². The lowest BCUT2D eigenvalue weighted by atomic mass is 10.2. The van der Waals surface area contributed by atoms with Gasteiger partial charge in [-0.1, -0.05) is 6.07 Å². The fourth-order valence-corrected chi connectivity index (χ4v) is 3.89. The molecule has 1 fully saturated rings. The van der Waals surface area contributed by atoms with Crippen LogP contribution in [0, 0.1) is 6.92 Å². The quantitative estimate of drug-likeness (QED) is 0.912. The molecule has 23 heavy (non-hydrogen) atoms. The number of hydrogen-bond acceptors (Lipinski definition) is 4. The first-order valence-electron chi connectivity index (χ1n) is 7.73. The van der Waals surface area contributed by atoms with Crippen LogP contribution in [0.15, 0.2) is 35.5 Å². The van der Waals surface area contributed by atoms with E-state index in [1.165, 1.54) is 29.9 Å². The van der Waals surface area contributed by atoms with Gasteiger partial charge in [-0.3, -0.25) is 9.40 Å². The summed E-state index contributed by atoms with van der Waals surface area (Å²) in [6.45, 7) is 1.87. The SMILES string of the molecule is Cc1c(NS(=O)(=O)c2cnn(C)c2)cccc1OC1CCCC1. The second kappa shape index (κ2) is 6.23. The van der Waals surface area contributed by atoms with Gasteiger partial charge in [-0.15, -0.1) is 0 Å². The van der Waals surface area contributed by atoms with Crippen LogP contribution in [0.4, 0.5) is 5.69 Å². The number of anilines is 1. The average molecular weight is 335 g/mol. The zero-order valence-corrected chi connectivity index (χ0v) is 14.1. The molecular weight excluding hydrogens is 314 g/mol. The molecule has 0 spiro atoms. The predicted octanol–water partition coefficient (Wildman–Crippen LogP) is 2.85. The molecule has 124 valence electrons. The fourth-order valence-electron chi connectivity index (χ4n) is 2.78. The van der Waals surface area contributed by atoms with Crippen LogP contribution in [0.5, 0.6) is 5.75 Å². The number of sulfonamides is 1. The Bertz CT molecular complexity index is 793. The summed E-state index contributed by atoms with van der Waals surface area (Å²) in [5, 5.41) is 3.91. The summed E-state index contributed by atoms with van der Waals surface area (Å²) in [5.74, 6) is 0.739. The standard InChI is InChI=1S/C16H21N3O3S/c1-12-15(18-23(20,21)14-10-17-19(2)11-14)8-5-9-16(12)22-13-6-3-4-7-13/h5,8-11,13,18H,3-4,6-7H2,1-2H3. The summed E-state index contributed by atoms with van der Waals surface area (Å²) in [5.41, 5.74) is 1.33. The van der Waals surface area contributed by atoms with Crippen LogP contribution >= 0.6 is 0 Å². The molecule has 1 saturated carbocycles. The van der Waals surface area contributed by atoms with Crippen molar-refractivity contribution < 1.29 is 13.2 Å². The van der Waals surface area contributed by atoms with E-state index >= 15 is 0 Å². The van der Waals surface area contributed by atoms with Gasteiger partial charge in [-0.05, 0) is 44.7 Å². The molecule has 1 aromatic carbocycles. The highest BCUT2D eigenvalue weighted by atomic mass is 32.2. The van der Waals surface area contributed by atoms with E-state index in [2.05, 4.69) is 9.82 Å². The van der Waals surface area contributed by atoms with Crippen LogP contribution in [-0.2, 0) is 17.1 Å². The average Bonchev–Trinajstić information content (AvgIpc) is 3.15.